The fourth-order valence-electron chi connectivity index (χ4n) is 2.47. The molecule has 0 aliphatic heterocycles. The van der Waals surface area contributed by atoms with Gasteiger partial charge in [0.25, 0.3) is 0 Å². The summed E-state index contributed by atoms with van der Waals surface area (Å²) in [5.74, 6) is 0.344. The minimum atomic E-state index is -4.35. The molecule has 140 valence electrons. The van der Waals surface area contributed by atoms with Gasteiger partial charge < -0.3 is 26.0 Å². The van der Waals surface area contributed by atoms with E-state index < -0.39 is 6.18 Å². The Morgan fingerprint density at radius 2 is 1.88 bits per heavy atom. The minimum Gasteiger partial charge on any atom is -0.379 e. The Bertz CT molecular complexity index is 401. The number of halogens is 3. The molecule has 1 saturated carbocycles. The minimum absolute atomic E-state index is 0.110. The first kappa shape index (κ1) is 20.7. The van der Waals surface area contributed by atoms with E-state index in [1.54, 1.807) is 7.05 Å². The van der Waals surface area contributed by atoms with Crippen LogP contribution in [0.25, 0.3) is 0 Å². The van der Waals surface area contributed by atoms with Crippen molar-refractivity contribution in [1.82, 2.24) is 21.3 Å². The molecule has 9 heteroatoms. The first-order valence-electron chi connectivity index (χ1n) is 8.17. The van der Waals surface area contributed by atoms with Gasteiger partial charge in [0, 0.05) is 44.5 Å². The van der Waals surface area contributed by atoms with Crippen LogP contribution in [-0.4, -0.2) is 64.6 Å². The summed E-state index contributed by atoms with van der Waals surface area (Å²) in [7, 11) is 3.51. The molecule has 0 aromatic heterocycles. The van der Waals surface area contributed by atoms with Crippen molar-refractivity contribution >= 4 is 5.96 Å². The van der Waals surface area contributed by atoms with E-state index in [1.165, 1.54) is 0 Å². The van der Waals surface area contributed by atoms with Gasteiger partial charge in [-0.2, -0.15) is 13.2 Å². The number of rotatable bonds is 9. The van der Waals surface area contributed by atoms with Crippen LogP contribution in [-0.2, 0) is 4.74 Å². The van der Waals surface area contributed by atoms with Gasteiger partial charge in [-0.1, -0.05) is 0 Å². The zero-order chi connectivity index (χ0) is 17.8. The van der Waals surface area contributed by atoms with Crippen LogP contribution in [0.5, 0.6) is 0 Å². The van der Waals surface area contributed by atoms with Crippen molar-refractivity contribution in [3.05, 3.63) is 12.3 Å². The number of aliphatic imine (C=N–C) groups is 1. The number of ether oxygens (including phenoxy) is 1. The number of allylic oxidation sites excluding steroid dienone is 1. The van der Waals surface area contributed by atoms with Crippen molar-refractivity contribution in [1.29, 1.82) is 0 Å². The van der Waals surface area contributed by atoms with Gasteiger partial charge in [-0.05, 0) is 26.3 Å². The Balaban J connectivity index is 2.24. The second-order valence-electron chi connectivity index (χ2n) is 5.61. The molecule has 1 aliphatic rings. The van der Waals surface area contributed by atoms with Crippen LogP contribution in [0.4, 0.5) is 13.2 Å². The van der Waals surface area contributed by atoms with Crippen LogP contribution in [0, 0.1) is 0 Å². The molecule has 0 spiro atoms. The third-order valence-corrected chi connectivity index (χ3v) is 3.65. The molecule has 0 bridgehead atoms. The van der Waals surface area contributed by atoms with E-state index >= 15 is 0 Å². The van der Waals surface area contributed by atoms with Gasteiger partial charge in [0.2, 0.25) is 0 Å². The summed E-state index contributed by atoms with van der Waals surface area (Å²) < 4.78 is 41.6. The molecule has 0 aromatic carbocycles. The average molecular weight is 351 g/mol. The molecule has 0 amide bonds. The highest BCUT2D eigenvalue weighted by molar-refractivity contribution is 5.80. The lowest BCUT2D eigenvalue weighted by molar-refractivity contribution is -0.0799. The zero-order valence-corrected chi connectivity index (χ0v) is 14.2. The predicted molar refractivity (Wildman–Crippen MR) is 89.0 cm³/mol. The Morgan fingerprint density at radius 3 is 2.54 bits per heavy atom. The lowest BCUT2D eigenvalue weighted by Gasteiger charge is -2.16. The summed E-state index contributed by atoms with van der Waals surface area (Å²) in [4.78, 5) is 3.77. The number of hydrogen-bond donors (Lipinski definition) is 4. The Kier molecular flexibility index (Phi) is 9.73. The molecule has 0 aromatic rings. The van der Waals surface area contributed by atoms with Gasteiger partial charge in [0.1, 0.15) is 0 Å². The van der Waals surface area contributed by atoms with Gasteiger partial charge in [-0.3, -0.25) is 0 Å². The lowest BCUT2D eigenvalue weighted by Crippen LogP contribution is -2.41. The van der Waals surface area contributed by atoms with E-state index in [1.807, 2.05) is 7.05 Å². The first-order chi connectivity index (χ1) is 11.4. The molecule has 0 radical (unpaired) electrons. The quantitative estimate of drug-likeness (QED) is 0.283. The molecule has 24 heavy (non-hydrogen) atoms. The monoisotopic (exact) mass is 351 g/mol. The average Bonchev–Trinajstić information content (AvgIpc) is 2.96. The lowest BCUT2D eigenvalue weighted by atomic mass is 10.2. The summed E-state index contributed by atoms with van der Waals surface area (Å²) in [6, 6.07) is 0.581. The topological polar surface area (TPSA) is 69.7 Å². The predicted octanol–water partition coefficient (Wildman–Crippen LogP) is 0.974. The second kappa shape index (κ2) is 11.3. The van der Waals surface area contributed by atoms with Gasteiger partial charge in [-0.15, -0.1) is 0 Å². The smallest absolute Gasteiger partial charge is 0.379 e. The fourth-order valence-corrected chi connectivity index (χ4v) is 2.47. The summed E-state index contributed by atoms with van der Waals surface area (Å²) in [6.45, 7) is 2.99. The molecular weight excluding hydrogens is 323 g/mol. The number of alkyl halides is 3. The number of guanidine groups is 1. The molecule has 0 unspecified atom stereocenters. The molecule has 0 saturated heterocycles. The van der Waals surface area contributed by atoms with Crippen LogP contribution >= 0.6 is 0 Å². The van der Waals surface area contributed by atoms with Crippen molar-refractivity contribution in [2.75, 3.05) is 40.4 Å². The van der Waals surface area contributed by atoms with Crippen LogP contribution in [0.3, 0.4) is 0 Å². The van der Waals surface area contributed by atoms with Gasteiger partial charge in [0.05, 0.1) is 13.2 Å². The van der Waals surface area contributed by atoms with Crippen molar-refractivity contribution in [2.45, 2.75) is 37.5 Å². The summed E-state index contributed by atoms with van der Waals surface area (Å²) >= 11 is 0. The highest BCUT2D eigenvalue weighted by Crippen LogP contribution is 2.19. The van der Waals surface area contributed by atoms with E-state index in [4.69, 9.17) is 4.74 Å². The van der Waals surface area contributed by atoms with E-state index in [2.05, 4.69) is 26.3 Å². The molecule has 0 heterocycles. The molecule has 1 aliphatic carbocycles. The Morgan fingerprint density at radius 1 is 1.17 bits per heavy atom. The van der Waals surface area contributed by atoms with Crippen molar-refractivity contribution in [3.63, 3.8) is 0 Å². The maximum absolute atomic E-state index is 12.1. The van der Waals surface area contributed by atoms with Crippen LogP contribution < -0.4 is 21.3 Å². The molecular formula is C15H28F3N5O. The number of likely N-dealkylation sites (N-methyl/N-ethyl adjacent to an activating group) is 1. The Hall–Kier alpha value is -1.32. The Labute approximate surface area is 141 Å². The van der Waals surface area contributed by atoms with E-state index in [0.29, 0.717) is 25.2 Å². The normalized spacial score (nSPS) is 22.3. The van der Waals surface area contributed by atoms with Gasteiger partial charge in [0.15, 0.2) is 5.96 Å². The first-order valence-corrected chi connectivity index (χ1v) is 8.17. The number of nitrogens with one attached hydrogen (secondary N) is 4. The standard InChI is InChI=1S/C15H28F3N5O/c1-19-7-9-24-10-8-21-12-3-4-13(11-12)23-14(20-2)22-6-5-15(16,17)18/h5-6,12-13,19,21H,3-4,7-11H2,1-2H3,(H2,20,22,23)/b6-5+/t12-,13-/m0/s1. The van der Waals surface area contributed by atoms with Crippen molar-refractivity contribution < 1.29 is 17.9 Å². The largest absolute Gasteiger partial charge is 0.411 e. The summed E-state index contributed by atoms with van der Waals surface area (Å²) in [5, 5.41) is 12.4. The number of hydrogen-bond acceptors (Lipinski definition) is 4. The third kappa shape index (κ3) is 9.74. The van der Waals surface area contributed by atoms with E-state index in [0.717, 1.165) is 38.6 Å². The van der Waals surface area contributed by atoms with Crippen LogP contribution in [0.15, 0.2) is 17.3 Å². The van der Waals surface area contributed by atoms with Gasteiger partial charge >= 0.3 is 6.18 Å². The third-order valence-electron chi connectivity index (χ3n) is 3.65. The molecule has 2 atom stereocenters. The highest BCUT2D eigenvalue weighted by Gasteiger charge is 2.25. The maximum atomic E-state index is 12.1. The molecule has 4 N–H and O–H groups in total. The zero-order valence-electron chi connectivity index (χ0n) is 14.2. The van der Waals surface area contributed by atoms with Crippen molar-refractivity contribution in [2.24, 2.45) is 4.99 Å². The molecule has 6 nitrogen and oxygen atoms in total. The highest BCUT2D eigenvalue weighted by atomic mass is 19.4. The van der Waals surface area contributed by atoms with E-state index in [9.17, 15) is 13.2 Å². The maximum Gasteiger partial charge on any atom is 0.411 e. The molecule has 1 fully saturated rings. The van der Waals surface area contributed by atoms with Gasteiger partial charge in [-0.25, -0.2) is 4.99 Å². The van der Waals surface area contributed by atoms with E-state index in [-0.39, 0.29) is 12.1 Å². The summed E-state index contributed by atoms with van der Waals surface area (Å²) in [5.41, 5.74) is 0. The van der Waals surface area contributed by atoms with Crippen LogP contribution in [0.2, 0.25) is 0 Å². The second-order valence-corrected chi connectivity index (χ2v) is 5.61. The van der Waals surface area contributed by atoms with Crippen molar-refractivity contribution in [3.8, 4) is 0 Å². The summed E-state index contributed by atoms with van der Waals surface area (Å²) in [6.07, 6.45) is -0.614. The molecule has 1 rings (SSSR count). The number of nitrogens with zero attached hydrogens (tertiary/aromatic N) is 1. The fraction of sp³-hybridized carbons (Fsp3) is 0.800. The van der Waals surface area contributed by atoms with Crippen LogP contribution in [0.1, 0.15) is 19.3 Å². The SMILES string of the molecule is CNCCOCCN[C@H]1CC[C@H](N/C(=N/C=C/C(F)(F)F)NC)C1.